The largest absolute Gasteiger partial charge is 0.312 e. The number of rotatable bonds is 5. The number of nitrogens with zero attached hydrogens (tertiary/aromatic N) is 1. The highest BCUT2D eigenvalue weighted by molar-refractivity contribution is 6.01. The van der Waals surface area contributed by atoms with Crippen molar-refractivity contribution in [3.05, 3.63) is 65.2 Å². The van der Waals surface area contributed by atoms with Crippen molar-refractivity contribution in [3.63, 3.8) is 0 Å². The quantitative estimate of drug-likeness (QED) is 0.784. The van der Waals surface area contributed by atoms with E-state index in [4.69, 9.17) is 0 Å². The van der Waals surface area contributed by atoms with Crippen LogP contribution in [0.1, 0.15) is 41.8 Å². The minimum absolute atomic E-state index is 0.0918. The van der Waals surface area contributed by atoms with Crippen molar-refractivity contribution in [3.8, 4) is 0 Å². The maximum Gasteiger partial charge on any atom is 0.269 e. The molecule has 0 unspecified atom stereocenters. The molecular weight excluding hydrogens is 354 g/mol. The molecule has 1 aliphatic heterocycles. The van der Waals surface area contributed by atoms with Crippen molar-refractivity contribution < 1.29 is 14.4 Å². The van der Waals surface area contributed by atoms with E-state index in [0.29, 0.717) is 12.1 Å². The molecule has 1 heterocycles. The van der Waals surface area contributed by atoms with Gasteiger partial charge in [-0.25, -0.2) is 0 Å². The van der Waals surface area contributed by atoms with Gasteiger partial charge in [0.15, 0.2) is 0 Å². The van der Waals surface area contributed by atoms with Gasteiger partial charge in [-0.15, -0.1) is 0 Å². The van der Waals surface area contributed by atoms with Crippen LogP contribution in [0.5, 0.6) is 0 Å². The molecule has 2 aromatic rings. The molecule has 0 aromatic heterocycles. The number of hydrogen-bond donors (Lipinski definition) is 2. The zero-order chi connectivity index (χ0) is 20.1. The van der Waals surface area contributed by atoms with Crippen molar-refractivity contribution >= 4 is 23.4 Å². The number of anilines is 1. The normalized spacial score (nSPS) is 16.1. The minimum atomic E-state index is -0.499. The second-order valence-corrected chi connectivity index (χ2v) is 6.92. The van der Waals surface area contributed by atoms with Crippen molar-refractivity contribution in [2.75, 3.05) is 11.4 Å². The summed E-state index contributed by atoms with van der Waals surface area (Å²) in [4.78, 5) is 38.5. The summed E-state index contributed by atoms with van der Waals surface area (Å²) < 4.78 is 0. The molecule has 0 spiro atoms. The Morgan fingerprint density at radius 3 is 2.07 bits per heavy atom. The van der Waals surface area contributed by atoms with E-state index in [9.17, 15) is 14.4 Å². The third-order valence-electron chi connectivity index (χ3n) is 5.08. The fraction of sp³-hybridized carbons (Fsp3) is 0.318. The summed E-state index contributed by atoms with van der Waals surface area (Å²) in [5.41, 5.74) is 8.46. The molecule has 1 atom stereocenters. The van der Waals surface area contributed by atoms with Gasteiger partial charge >= 0.3 is 0 Å². The van der Waals surface area contributed by atoms with Crippen molar-refractivity contribution in [1.29, 1.82) is 0 Å². The summed E-state index contributed by atoms with van der Waals surface area (Å²) in [5, 5.41) is 0. The number of nitrogens with one attached hydrogen (secondary N) is 2. The first-order valence-corrected chi connectivity index (χ1v) is 9.60. The lowest BCUT2D eigenvalue weighted by atomic mass is 10.1. The Balaban J connectivity index is 1.55. The highest BCUT2D eigenvalue weighted by atomic mass is 16.2. The monoisotopic (exact) mass is 379 g/mol. The third-order valence-corrected chi connectivity index (χ3v) is 5.08. The summed E-state index contributed by atoms with van der Waals surface area (Å²) in [6.45, 7) is 4.42. The Morgan fingerprint density at radius 1 is 0.929 bits per heavy atom. The minimum Gasteiger partial charge on any atom is -0.312 e. The molecule has 1 aliphatic rings. The van der Waals surface area contributed by atoms with E-state index in [1.807, 2.05) is 43.3 Å². The molecule has 6 heteroatoms. The average Bonchev–Trinajstić information content (AvgIpc) is 3.13. The summed E-state index contributed by atoms with van der Waals surface area (Å²) in [6.07, 6.45) is 1.95. The van der Waals surface area contributed by atoms with Gasteiger partial charge in [0.2, 0.25) is 11.8 Å². The molecule has 2 aromatic carbocycles. The van der Waals surface area contributed by atoms with E-state index >= 15 is 0 Å². The van der Waals surface area contributed by atoms with Gasteiger partial charge < -0.3 is 4.90 Å². The Labute approximate surface area is 164 Å². The second-order valence-electron chi connectivity index (χ2n) is 6.92. The van der Waals surface area contributed by atoms with Crippen molar-refractivity contribution in [2.45, 2.75) is 33.1 Å². The molecule has 6 nitrogen and oxygen atoms in total. The van der Waals surface area contributed by atoms with Gasteiger partial charge in [-0.3, -0.25) is 25.2 Å². The lowest BCUT2D eigenvalue weighted by molar-refractivity contribution is -0.126. The first-order valence-electron chi connectivity index (χ1n) is 9.60. The van der Waals surface area contributed by atoms with Crippen molar-refractivity contribution in [2.24, 2.45) is 5.92 Å². The molecule has 3 amide bonds. The Kier molecular flexibility index (Phi) is 6.09. The van der Waals surface area contributed by atoms with Gasteiger partial charge in [0.25, 0.3) is 5.91 Å². The molecule has 1 saturated heterocycles. The zero-order valence-electron chi connectivity index (χ0n) is 16.2. The highest BCUT2D eigenvalue weighted by Gasteiger charge is 2.35. The fourth-order valence-corrected chi connectivity index (χ4v) is 3.23. The lowest BCUT2D eigenvalue weighted by Gasteiger charge is -2.17. The summed E-state index contributed by atoms with van der Waals surface area (Å²) in [7, 11) is 0. The second kappa shape index (κ2) is 8.69. The molecule has 0 saturated carbocycles. The van der Waals surface area contributed by atoms with E-state index in [1.54, 1.807) is 17.0 Å². The molecule has 0 bridgehead atoms. The maximum atomic E-state index is 12.4. The predicted molar refractivity (Wildman–Crippen MR) is 108 cm³/mol. The van der Waals surface area contributed by atoms with Crippen LogP contribution in [0.25, 0.3) is 0 Å². The number of carbonyl (C=O) groups excluding carboxylic acids is 3. The summed E-state index contributed by atoms with van der Waals surface area (Å²) in [6, 6.07) is 15.0. The van der Waals surface area contributed by atoms with Crippen LogP contribution in [0, 0.1) is 5.92 Å². The van der Waals surface area contributed by atoms with Gasteiger partial charge in [0, 0.05) is 24.2 Å². The zero-order valence-corrected chi connectivity index (χ0v) is 16.2. The van der Waals surface area contributed by atoms with Crippen LogP contribution < -0.4 is 15.8 Å². The van der Waals surface area contributed by atoms with Crippen LogP contribution in [-0.2, 0) is 22.4 Å². The van der Waals surface area contributed by atoms with E-state index in [0.717, 1.165) is 24.1 Å². The summed E-state index contributed by atoms with van der Waals surface area (Å²) >= 11 is 0. The molecule has 28 heavy (non-hydrogen) atoms. The van der Waals surface area contributed by atoms with E-state index < -0.39 is 5.92 Å². The molecule has 146 valence electrons. The maximum absolute atomic E-state index is 12.4. The van der Waals surface area contributed by atoms with Crippen molar-refractivity contribution in [1.82, 2.24) is 10.9 Å². The topological polar surface area (TPSA) is 78.5 Å². The first kappa shape index (κ1) is 19.6. The molecule has 0 aliphatic carbocycles. The highest BCUT2D eigenvalue weighted by Crippen LogP contribution is 2.25. The van der Waals surface area contributed by atoms with Crippen LogP contribution in [0.2, 0.25) is 0 Å². The van der Waals surface area contributed by atoms with Gasteiger partial charge in [-0.05, 0) is 48.2 Å². The van der Waals surface area contributed by atoms with Crippen LogP contribution >= 0.6 is 0 Å². The Morgan fingerprint density at radius 2 is 1.50 bits per heavy atom. The number of hydrogen-bond acceptors (Lipinski definition) is 3. The van der Waals surface area contributed by atoms with Crippen LogP contribution in [0.15, 0.2) is 48.5 Å². The third kappa shape index (κ3) is 4.39. The number of aryl methyl sites for hydroxylation is 2. The molecule has 0 radical (unpaired) electrons. The van der Waals surface area contributed by atoms with Crippen LogP contribution in [-0.4, -0.2) is 24.3 Å². The van der Waals surface area contributed by atoms with Gasteiger partial charge in [0.1, 0.15) is 0 Å². The Bertz CT molecular complexity index is 860. The molecule has 2 N–H and O–H groups in total. The number of amides is 3. The van der Waals surface area contributed by atoms with E-state index in [1.165, 1.54) is 5.56 Å². The number of carbonyl (C=O) groups is 3. The standard InChI is InChI=1S/C22H25N3O3/c1-3-15-5-9-17(10-6-15)21(27)23-24-22(28)18-13-20(26)25(14-18)19-11-7-16(4-2)8-12-19/h5-12,18H,3-4,13-14H2,1-2H3,(H,23,27)(H,24,28)/t18-/m1/s1. The van der Waals surface area contributed by atoms with Gasteiger partial charge in [-0.1, -0.05) is 38.1 Å². The summed E-state index contributed by atoms with van der Waals surface area (Å²) in [5.74, 6) is -1.33. The smallest absolute Gasteiger partial charge is 0.269 e. The number of benzene rings is 2. The fourth-order valence-electron chi connectivity index (χ4n) is 3.23. The predicted octanol–water partition coefficient (Wildman–Crippen LogP) is 2.63. The van der Waals surface area contributed by atoms with Gasteiger partial charge in [0.05, 0.1) is 5.92 Å². The Hall–Kier alpha value is -3.15. The first-order chi connectivity index (χ1) is 13.5. The van der Waals surface area contributed by atoms with Gasteiger partial charge in [-0.2, -0.15) is 0 Å². The average molecular weight is 379 g/mol. The molecule has 3 rings (SSSR count). The van der Waals surface area contributed by atoms with Crippen LogP contribution in [0.4, 0.5) is 5.69 Å². The number of hydrazine groups is 1. The SMILES string of the molecule is CCc1ccc(C(=O)NNC(=O)[C@@H]2CC(=O)N(c3ccc(CC)cc3)C2)cc1. The van der Waals surface area contributed by atoms with E-state index in [2.05, 4.69) is 17.8 Å². The molecular formula is C22H25N3O3. The van der Waals surface area contributed by atoms with E-state index in [-0.39, 0.29) is 24.1 Å². The van der Waals surface area contributed by atoms with Crippen LogP contribution in [0.3, 0.4) is 0 Å². The molecule has 1 fully saturated rings. The lowest BCUT2D eigenvalue weighted by Crippen LogP contribution is -2.45.